The maximum Gasteiger partial charge on any atom is 0.265 e. The Bertz CT molecular complexity index is 1290. The third-order valence-corrected chi connectivity index (χ3v) is 7.67. The van der Waals surface area contributed by atoms with Crippen molar-refractivity contribution in [3.63, 3.8) is 0 Å². The van der Waals surface area contributed by atoms with E-state index in [1.165, 1.54) is 24.5 Å². The fraction of sp³-hybridized carbons (Fsp3) is 0.250. The van der Waals surface area contributed by atoms with Crippen molar-refractivity contribution in [3.8, 4) is 11.5 Å². The van der Waals surface area contributed by atoms with Crippen molar-refractivity contribution in [2.45, 2.75) is 25.7 Å². The van der Waals surface area contributed by atoms with Gasteiger partial charge in [-0.15, -0.1) is 11.3 Å². The van der Waals surface area contributed by atoms with E-state index in [0.717, 1.165) is 16.7 Å². The Hall–Kier alpha value is -2.69. The van der Waals surface area contributed by atoms with E-state index in [1.54, 1.807) is 12.3 Å². The molecule has 1 aromatic carbocycles. The molecule has 0 spiro atoms. The van der Waals surface area contributed by atoms with Crippen LogP contribution < -0.4 is 14.2 Å². The van der Waals surface area contributed by atoms with Crippen molar-refractivity contribution in [1.29, 1.82) is 0 Å². The minimum Gasteiger partial charge on any atom is -0.495 e. The highest BCUT2D eigenvalue weighted by molar-refractivity contribution is 7.93. The van der Waals surface area contributed by atoms with Crippen molar-refractivity contribution >= 4 is 50.2 Å². The zero-order chi connectivity index (χ0) is 22.3. The first-order valence-corrected chi connectivity index (χ1v) is 11.8. The fourth-order valence-electron chi connectivity index (χ4n) is 3.26. The van der Waals surface area contributed by atoms with Crippen LogP contribution in [0.1, 0.15) is 28.6 Å². The predicted molar refractivity (Wildman–Crippen MR) is 118 cm³/mol. The van der Waals surface area contributed by atoms with E-state index in [2.05, 4.69) is 9.88 Å². The number of nitrogens with one attached hydrogen (secondary N) is 1. The predicted octanol–water partition coefficient (Wildman–Crippen LogP) is 5.07. The summed E-state index contributed by atoms with van der Waals surface area (Å²) in [6.45, 7) is 5.59. The number of nitrogens with zero attached hydrogens (tertiary/aromatic N) is 1. The summed E-state index contributed by atoms with van der Waals surface area (Å²) in [5, 5.41) is 5.46. The topological polar surface area (TPSA) is 99.9 Å². The van der Waals surface area contributed by atoms with Gasteiger partial charge in [0.2, 0.25) is 6.79 Å². The number of benzene rings is 1. The maximum atomic E-state index is 13.1. The summed E-state index contributed by atoms with van der Waals surface area (Å²) in [7, 11) is -2.52. The van der Waals surface area contributed by atoms with Crippen LogP contribution in [-0.4, -0.2) is 27.5 Å². The van der Waals surface area contributed by atoms with Crippen molar-refractivity contribution < 1.29 is 27.2 Å². The van der Waals surface area contributed by atoms with Gasteiger partial charge in [0.1, 0.15) is 21.4 Å². The molecule has 0 aliphatic carbocycles. The molecule has 1 N–H and O–H groups in total. The average molecular weight is 483 g/mol. The average Bonchev–Trinajstić information content (AvgIpc) is 3.45. The molecule has 3 heterocycles. The van der Waals surface area contributed by atoms with Gasteiger partial charge in [0.25, 0.3) is 15.9 Å². The van der Waals surface area contributed by atoms with Crippen LogP contribution in [0.4, 0.5) is 5.88 Å². The molecule has 3 aromatic rings. The van der Waals surface area contributed by atoms with Crippen LogP contribution in [0.3, 0.4) is 0 Å². The number of fused-ring (bicyclic) bond motifs is 1. The first kappa shape index (κ1) is 21.5. The van der Waals surface area contributed by atoms with Crippen molar-refractivity contribution in [3.05, 3.63) is 50.3 Å². The van der Waals surface area contributed by atoms with E-state index in [4.69, 9.17) is 30.3 Å². The van der Waals surface area contributed by atoms with Crippen molar-refractivity contribution in [2.75, 3.05) is 18.6 Å². The zero-order valence-electron chi connectivity index (χ0n) is 17.1. The van der Waals surface area contributed by atoms with Crippen LogP contribution in [0.5, 0.6) is 11.5 Å². The lowest BCUT2D eigenvalue weighted by Gasteiger charge is -2.15. The quantitative estimate of drug-likeness (QED) is 0.489. The van der Waals surface area contributed by atoms with Crippen molar-refractivity contribution in [1.82, 2.24) is 5.16 Å². The van der Waals surface area contributed by atoms with Gasteiger partial charge in [-0.05, 0) is 55.5 Å². The summed E-state index contributed by atoms with van der Waals surface area (Å²) in [4.78, 5) is 0.481. The van der Waals surface area contributed by atoms with E-state index in [9.17, 15) is 8.42 Å². The number of allylic oxidation sites excluding steroid dienone is 1. The summed E-state index contributed by atoms with van der Waals surface area (Å²) < 4.78 is 50.1. The second-order valence-electron chi connectivity index (χ2n) is 6.81. The molecule has 0 saturated carbocycles. The van der Waals surface area contributed by atoms with Crippen LogP contribution in [-0.2, 0) is 14.8 Å². The summed E-state index contributed by atoms with van der Waals surface area (Å²) in [5.41, 5.74) is 2.95. The number of aryl methyl sites for hydroxylation is 2. The second-order valence-corrected chi connectivity index (χ2v) is 9.75. The van der Waals surface area contributed by atoms with Crippen LogP contribution in [0.25, 0.3) is 11.3 Å². The highest BCUT2D eigenvalue weighted by atomic mass is 35.5. The van der Waals surface area contributed by atoms with Crippen LogP contribution in [0, 0.1) is 13.8 Å². The molecule has 0 unspecified atom stereocenters. The number of thiophene rings is 1. The number of hydrogen-bond acceptors (Lipinski definition) is 8. The number of sulfonamides is 1. The standard InChI is InChI=1S/C20H19ClN2O6S2/c1-10-7-14-15(28-9-27-14)8-13(10)11(2)18(26-4)19-16(5-6-30-19)31(24,25)23-20-17(21)12(3)22-29-20/h5-8,23H,9H2,1-4H3/b18-11-. The van der Waals surface area contributed by atoms with Crippen LogP contribution in [0.15, 0.2) is 33.0 Å². The molecular weight excluding hydrogens is 464 g/mol. The van der Waals surface area contributed by atoms with Crippen LogP contribution in [0.2, 0.25) is 5.02 Å². The van der Waals surface area contributed by atoms with Crippen LogP contribution >= 0.6 is 22.9 Å². The van der Waals surface area contributed by atoms with Gasteiger partial charge in [0.15, 0.2) is 11.5 Å². The molecule has 0 amide bonds. The van der Waals surface area contributed by atoms with Gasteiger partial charge in [-0.25, -0.2) is 13.1 Å². The minimum atomic E-state index is -4.02. The maximum absolute atomic E-state index is 13.1. The molecule has 0 bridgehead atoms. The number of rotatable bonds is 6. The molecule has 2 aromatic heterocycles. The third kappa shape index (κ3) is 3.86. The molecule has 164 valence electrons. The SMILES string of the molecule is CO/C(=C(/C)c1cc2c(cc1C)OCO2)c1sccc1S(=O)(=O)Nc1onc(C)c1Cl. The normalized spacial score (nSPS) is 13.8. The Morgan fingerprint density at radius 3 is 2.61 bits per heavy atom. The van der Waals surface area contributed by atoms with E-state index in [0.29, 0.717) is 27.8 Å². The highest BCUT2D eigenvalue weighted by Crippen LogP contribution is 2.41. The summed E-state index contributed by atoms with van der Waals surface area (Å²) in [5.74, 6) is 1.60. The molecule has 4 rings (SSSR count). The summed E-state index contributed by atoms with van der Waals surface area (Å²) in [6.07, 6.45) is 0. The lowest BCUT2D eigenvalue weighted by atomic mass is 9.99. The monoisotopic (exact) mass is 482 g/mol. The first-order valence-electron chi connectivity index (χ1n) is 9.11. The molecule has 1 aliphatic rings. The molecule has 8 nitrogen and oxygen atoms in total. The Kier molecular flexibility index (Phi) is 5.63. The largest absolute Gasteiger partial charge is 0.495 e. The molecular formula is C20H19ClN2O6S2. The second kappa shape index (κ2) is 8.10. The summed E-state index contributed by atoms with van der Waals surface area (Å²) >= 11 is 7.31. The smallest absolute Gasteiger partial charge is 0.265 e. The van der Waals surface area contributed by atoms with Gasteiger partial charge < -0.3 is 18.7 Å². The van der Waals surface area contributed by atoms with Gasteiger partial charge in [-0.3, -0.25) is 0 Å². The van der Waals surface area contributed by atoms with Crippen molar-refractivity contribution in [2.24, 2.45) is 0 Å². The molecule has 0 fully saturated rings. The van der Waals surface area contributed by atoms with E-state index in [1.807, 2.05) is 26.0 Å². The Labute approximate surface area is 188 Å². The van der Waals surface area contributed by atoms with Gasteiger partial charge in [0.05, 0.1) is 12.0 Å². The molecule has 11 heteroatoms. The summed E-state index contributed by atoms with van der Waals surface area (Å²) in [6, 6.07) is 5.25. The molecule has 0 saturated heterocycles. The number of methoxy groups -OCH3 is 1. The number of halogens is 1. The Morgan fingerprint density at radius 2 is 1.97 bits per heavy atom. The molecule has 31 heavy (non-hydrogen) atoms. The first-order chi connectivity index (χ1) is 14.7. The lowest BCUT2D eigenvalue weighted by molar-refractivity contribution is 0.174. The highest BCUT2D eigenvalue weighted by Gasteiger charge is 2.27. The lowest BCUT2D eigenvalue weighted by Crippen LogP contribution is -2.14. The third-order valence-electron chi connectivity index (χ3n) is 4.81. The molecule has 0 atom stereocenters. The molecule has 1 aliphatic heterocycles. The Balaban J connectivity index is 1.78. The number of aromatic nitrogens is 1. The van der Waals surface area contributed by atoms with Gasteiger partial charge in [-0.2, -0.15) is 0 Å². The van der Waals surface area contributed by atoms with E-state index < -0.39 is 10.0 Å². The number of anilines is 1. The number of hydrogen-bond donors (Lipinski definition) is 1. The fourth-order valence-corrected chi connectivity index (χ4v) is 5.94. The minimum absolute atomic E-state index is 0.0391. The number of ether oxygens (including phenoxy) is 3. The van der Waals surface area contributed by atoms with E-state index in [-0.39, 0.29) is 22.6 Å². The zero-order valence-corrected chi connectivity index (χ0v) is 19.5. The Morgan fingerprint density at radius 1 is 1.26 bits per heavy atom. The van der Waals surface area contributed by atoms with Gasteiger partial charge >= 0.3 is 0 Å². The van der Waals surface area contributed by atoms with E-state index >= 15 is 0 Å². The van der Waals surface area contributed by atoms with Gasteiger partial charge in [-0.1, -0.05) is 16.8 Å². The van der Waals surface area contributed by atoms with Gasteiger partial charge in [0, 0.05) is 5.57 Å². The molecule has 0 radical (unpaired) electrons.